The van der Waals surface area contributed by atoms with Gasteiger partial charge in [0, 0.05) is 18.9 Å². The third-order valence-electron chi connectivity index (χ3n) is 1.68. The molecule has 0 bridgehead atoms. The molecule has 4 heteroatoms. The largest absolute Gasteiger partial charge is 0.353 e. The molecule has 0 saturated heterocycles. The molecule has 0 fully saturated rings. The summed E-state index contributed by atoms with van der Waals surface area (Å²) >= 11 is 0. The van der Waals surface area contributed by atoms with E-state index in [1.807, 2.05) is 36.0 Å². The Morgan fingerprint density at radius 3 is 2.83 bits per heavy atom. The Morgan fingerprint density at radius 2 is 2.42 bits per heavy atom. The normalized spacial score (nSPS) is 11.4. The first-order valence-corrected chi connectivity index (χ1v) is 3.49. The van der Waals surface area contributed by atoms with Gasteiger partial charge in [0.15, 0.2) is 0 Å². The van der Waals surface area contributed by atoms with Crippen molar-refractivity contribution in [2.45, 2.75) is 12.5 Å². The van der Waals surface area contributed by atoms with Gasteiger partial charge in [-0.1, -0.05) is 0 Å². The molecule has 0 saturated carbocycles. The van der Waals surface area contributed by atoms with Crippen LogP contribution in [-0.4, -0.2) is 4.57 Å². The molecule has 12 heavy (non-hydrogen) atoms. The zero-order valence-electron chi connectivity index (χ0n) is 6.90. The van der Waals surface area contributed by atoms with E-state index in [4.69, 9.17) is 11.0 Å². The molecule has 0 aliphatic carbocycles. The minimum atomic E-state index is -0.153. The number of aryl methyl sites for hydroxylation is 1. The van der Waals surface area contributed by atoms with Gasteiger partial charge in [-0.15, -0.1) is 12.4 Å². The van der Waals surface area contributed by atoms with Crippen molar-refractivity contribution >= 4 is 12.4 Å². The predicted molar refractivity (Wildman–Crippen MR) is 49.8 cm³/mol. The predicted octanol–water partition coefficient (Wildman–Crippen LogP) is 1.36. The van der Waals surface area contributed by atoms with Crippen molar-refractivity contribution in [1.29, 1.82) is 5.26 Å². The second-order valence-corrected chi connectivity index (χ2v) is 2.51. The Kier molecular flexibility index (Phi) is 4.42. The summed E-state index contributed by atoms with van der Waals surface area (Å²) in [7, 11) is 1.92. The molecule has 3 nitrogen and oxygen atoms in total. The van der Waals surface area contributed by atoms with Gasteiger partial charge in [-0.25, -0.2) is 0 Å². The first-order chi connectivity index (χ1) is 5.25. The summed E-state index contributed by atoms with van der Waals surface area (Å²) < 4.78 is 1.93. The van der Waals surface area contributed by atoms with Crippen molar-refractivity contribution in [3.63, 3.8) is 0 Å². The fourth-order valence-electron chi connectivity index (χ4n) is 1.06. The molecule has 0 amide bonds. The lowest BCUT2D eigenvalue weighted by Gasteiger charge is -2.07. The van der Waals surface area contributed by atoms with Crippen molar-refractivity contribution in [1.82, 2.24) is 4.57 Å². The number of hydrogen-bond donors (Lipinski definition) is 1. The average molecular weight is 186 g/mol. The summed E-state index contributed by atoms with van der Waals surface area (Å²) in [5, 5.41) is 8.39. The second-order valence-electron chi connectivity index (χ2n) is 2.51. The number of aromatic nitrogens is 1. The first-order valence-electron chi connectivity index (χ1n) is 3.49. The maximum Gasteiger partial charge on any atom is 0.0642 e. The van der Waals surface area contributed by atoms with Crippen LogP contribution in [0.4, 0.5) is 0 Å². The number of rotatable bonds is 2. The maximum absolute atomic E-state index is 8.39. The van der Waals surface area contributed by atoms with E-state index in [0.29, 0.717) is 6.42 Å². The van der Waals surface area contributed by atoms with Crippen LogP contribution >= 0.6 is 12.4 Å². The highest BCUT2D eigenvalue weighted by atomic mass is 35.5. The molecular weight excluding hydrogens is 174 g/mol. The molecule has 2 N–H and O–H groups in total. The van der Waals surface area contributed by atoms with Crippen LogP contribution in [0.5, 0.6) is 0 Å². The van der Waals surface area contributed by atoms with E-state index in [0.717, 1.165) is 5.69 Å². The maximum atomic E-state index is 8.39. The lowest BCUT2D eigenvalue weighted by molar-refractivity contribution is 0.673. The van der Waals surface area contributed by atoms with E-state index in [1.165, 1.54) is 0 Å². The lowest BCUT2D eigenvalue weighted by Crippen LogP contribution is -2.12. The highest BCUT2D eigenvalue weighted by Crippen LogP contribution is 2.12. The minimum absolute atomic E-state index is 0. The number of nitrogens with zero attached hydrogens (tertiary/aromatic N) is 2. The average Bonchev–Trinajstić information content (AvgIpc) is 2.36. The molecule has 0 unspecified atom stereocenters. The lowest BCUT2D eigenvalue weighted by atomic mass is 10.2. The molecule has 0 aromatic carbocycles. The zero-order chi connectivity index (χ0) is 8.27. The summed E-state index contributed by atoms with van der Waals surface area (Å²) in [6, 6.07) is 5.75. The first kappa shape index (κ1) is 11.0. The smallest absolute Gasteiger partial charge is 0.0642 e. The standard InChI is InChI=1S/C8H11N3.ClH/c1-11-6-2-3-8(11)7(10)4-5-9;/h2-3,6-7H,4,10H2,1H3;1H/t7-;/m0./s1. The van der Waals surface area contributed by atoms with Crippen molar-refractivity contribution in [3.05, 3.63) is 24.0 Å². The molecule has 0 spiro atoms. The summed E-state index contributed by atoms with van der Waals surface area (Å²) in [5.41, 5.74) is 6.71. The van der Waals surface area contributed by atoms with E-state index < -0.39 is 0 Å². The van der Waals surface area contributed by atoms with E-state index >= 15 is 0 Å². The molecular formula is C8H12ClN3. The molecule has 0 aliphatic heterocycles. The van der Waals surface area contributed by atoms with Crippen LogP contribution in [0, 0.1) is 11.3 Å². The topological polar surface area (TPSA) is 54.7 Å². The van der Waals surface area contributed by atoms with Crippen molar-refractivity contribution in [3.8, 4) is 6.07 Å². The Bertz CT molecular complexity index is 274. The van der Waals surface area contributed by atoms with Gasteiger partial charge in [-0.3, -0.25) is 0 Å². The number of hydrogen-bond acceptors (Lipinski definition) is 2. The Balaban J connectivity index is 0.00000121. The van der Waals surface area contributed by atoms with Gasteiger partial charge in [0.05, 0.1) is 18.5 Å². The van der Waals surface area contributed by atoms with E-state index in [-0.39, 0.29) is 18.4 Å². The van der Waals surface area contributed by atoms with Crippen molar-refractivity contribution < 1.29 is 0 Å². The SMILES string of the molecule is Cl.Cn1cccc1[C@@H](N)CC#N. The number of nitriles is 1. The monoisotopic (exact) mass is 185 g/mol. The van der Waals surface area contributed by atoms with Gasteiger partial charge < -0.3 is 10.3 Å². The minimum Gasteiger partial charge on any atom is -0.353 e. The second kappa shape index (κ2) is 4.81. The summed E-state index contributed by atoms with van der Waals surface area (Å²) in [5.74, 6) is 0. The molecule has 1 heterocycles. The van der Waals surface area contributed by atoms with E-state index in [2.05, 4.69) is 0 Å². The summed E-state index contributed by atoms with van der Waals surface area (Å²) in [6.45, 7) is 0. The highest BCUT2D eigenvalue weighted by molar-refractivity contribution is 5.85. The molecule has 1 atom stereocenters. The van der Waals surface area contributed by atoms with Crippen LogP contribution in [0.15, 0.2) is 18.3 Å². The van der Waals surface area contributed by atoms with Gasteiger partial charge >= 0.3 is 0 Å². The number of halogens is 1. The third kappa shape index (κ3) is 2.26. The van der Waals surface area contributed by atoms with Crippen LogP contribution in [0.25, 0.3) is 0 Å². The van der Waals surface area contributed by atoms with Crippen LogP contribution in [0.3, 0.4) is 0 Å². The van der Waals surface area contributed by atoms with Gasteiger partial charge in [0.25, 0.3) is 0 Å². The van der Waals surface area contributed by atoms with Gasteiger partial charge in [-0.05, 0) is 12.1 Å². The molecule has 66 valence electrons. The Labute approximate surface area is 78.2 Å². The Hall–Kier alpha value is -0.980. The van der Waals surface area contributed by atoms with Crippen molar-refractivity contribution in [2.24, 2.45) is 12.8 Å². The van der Waals surface area contributed by atoms with Gasteiger partial charge in [-0.2, -0.15) is 5.26 Å². The van der Waals surface area contributed by atoms with Gasteiger partial charge in [0.1, 0.15) is 0 Å². The van der Waals surface area contributed by atoms with Crippen LogP contribution in [0.1, 0.15) is 18.2 Å². The molecule has 1 aromatic rings. The van der Waals surface area contributed by atoms with E-state index in [9.17, 15) is 0 Å². The molecule has 1 rings (SSSR count). The summed E-state index contributed by atoms with van der Waals surface area (Å²) in [6.07, 6.45) is 2.30. The Morgan fingerprint density at radius 1 is 1.75 bits per heavy atom. The highest BCUT2D eigenvalue weighted by Gasteiger charge is 2.06. The van der Waals surface area contributed by atoms with Crippen LogP contribution < -0.4 is 5.73 Å². The van der Waals surface area contributed by atoms with Crippen LogP contribution in [0.2, 0.25) is 0 Å². The van der Waals surface area contributed by atoms with Gasteiger partial charge in [0.2, 0.25) is 0 Å². The molecule has 0 aliphatic rings. The number of nitrogens with two attached hydrogens (primary N) is 1. The van der Waals surface area contributed by atoms with Crippen LogP contribution in [-0.2, 0) is 7.05 Å². The fourth-order valence-corrected chi connectivity index (χ4v) is 1.06. The zero-order valence-corrected chi connectivity index (χ0v) is 7.71. The molecule has 0 radical (unpaired) electrons. The summed E-state index contributed by atoms with van der Waals surface area (Å²) in [4.78, 5) is 0. The fraction of sp³-hybridized carbons (Fsp3) is 0.375. The quantitative estimate of drug-likeness (QED) is 0.757. The third-order valence-corrected chi connectivity index (χ3v) is 1.68. The van der Waals surface area contributed by atoms with E-state index in [1.54, 1.807) is 0 Å². The van der Waals surface area contributed by atoms with Crippen molar-refractivity contribution in [2.75, 3.05) is 0 Å². The molecule has 1 aromatic heterocycles.